The molecule has 0 aliphatic heterocycles. The van der Waals surface area contributed by atoms with Crippen LogP contribution < -0.4 is 5.56 Å². The molecule has 3 heterocycles. The van der Waals surface area contributed by atoms with E-state index in [-0.39, 0.29) is 5.56 Å². The summed E-state index contributed by atoms with van der Waals surface area (Å²) in [6, 6.07) is 12.1. The third-order valence-electron chi connectivity index (χ3n) is 3.74. The molecule has 0 spiro atoms. The fourth-order valence-electron chi connectivity index (χ4n) is 2.66. The Morgan fingerprint density at radius 3 is 2.70 bits per heavy atom. The van der Waals surface area contributed by atoms with Gasteiger partial charge in [0, 0.05) is 10.9 Å². The molecular formula is C17H13N3OS2. The molecule has 0 atom stereocenters. The highest BCUT2D eigenvalue weighted by molar-refractivity contribution is 7.98. The average molecular weight is 339 g/mol. The predicted octanol–water partition coefficient (Wildman–Crippen LogP) is 4.23. The first-order valence-electron chi connectivity index (χ1n) is 7.11. The molecule has 3 aromatic heterocycles. The van der Waals surface area contributed by atoms with E-state index in [2.05, 4.69) is 16.0 Å². The number of aromatic amines is 1. The SMILES string of the molecule is CSc1nc2c(sc3nc(-c4ccccc4)cc(C)c32)c(=O)[nH]1. The second kappa shape index (κ2) is 5.47. The highest BCUT2D eigenvalue weighted by Gasteiger charge is 2.15. The molecule has 0 aliphatic rings. The Hall–Kier alpha value is -2.18. The summed E-state index contributed by atoms with van der Waals surface area (Å²) in [6.07, 6.45) is 1.90. The van der Waals surface area contributed by atoms with Gasteiger partial charge in [-0.2, -0.15) is 0 Å². The van der Waals surface area contributed by atoms with Crippen molar-refractivity contribution in [2.75, 3.05) is 6.26 Å². The van der Waals surface area contributed by atoms with Crippen LogP contribution in [0.25, 0.3) is 31.7 Å². The molecule has 1 aromatic carbocycles. The van der Waals surface area contributed by atoms with Crippen LogP contribution in [-0.4, -0.2) is 21.2 Å². The fraction of sp³-hybridized carbons (Fsp3) is 0.118. The topological polar surface area (TPSA) is 58.6 Å². The van der Waals surface area contributed by atoms with Crippen LogP contribution in [0.2, 0.25) is 0 Å². The highest BCUT2D eigenvalue weighted by atomic mass is 32.2. The van der Waals surface area contributed by atoms with Crippen LogP contribution in [0.1, 0.15) is 5.56 Å². The summed E-state index contributed by atoms with van der Waals surface area (Å²) in [5.74, 6) is 0. The number of H-pyrrole nitrogens is 1. The van der Waals surface area contributed by atoms with Crippen LogP contribution in [0.4, 0.5) is 0 Å². The Bertz CT molecular complexity index is 1080. The van der Waals surface area contributed by atoms with Crippen LogP contribution >= 0.6 is 23.1 Å². The Morgan fingerprint density at radius 1 is 1.17 bits per heavy atom. The van der Waals surface area contributed by atoms with E-state index < -0.39 is 0 Å². The summed E-state index contributed by atoms with van der Waals surface area (Å²) in [6.45, 7) is 2.05. The smallest absolute Gasteiger partial charge is 0.269 e. The lowest BCUT2D eigenvalue weighted by molar-refractivity contribution is 0.983. The fourth-order valence-corrected chi connectivity index (χ4v) is 4.12. The van der Waals surface area contributed by atoms with Crippen molar-refractivity contribution in [2.45, 2.75) is 12.1 Å². The normalized spacial score (nSPS) is 11.4. The standard InChI is InChI=1S/C17H13N3OS2/c1-9-8-11(10-6-4-3-5-7-10)18-16-12(9)13-14(23-16)15(21)20-17(19-13)22-2/h3-8H,1-2H3,(H,19,20,21). The van der Waals surface area contributed by atoms with Crippen molar-refractivity contribution in [3.8, 4) is 11.3 Å². The monoisotopic (exact) mass is 339 g/mol. The molecule has 4 aromatic rings. The van der Waals surface area contributed by atoms with Crippen LogP contribution in [0, 0.1) is 6.92 Å². The molecule has 1 N–H and O–H groups in total. The summed E-state index contributed by atoms with van der Waals surface area (Å²) in [4.78, 5) is 25.3. The number of thioether (sulfide) groups is 1. The lowest BCUT2D eigenvalue weighted by Crippen LogP contribution is -2.06. The number of thiophene rings is 1. The summed E-state index contributed by atoms with van der Waals surface area (Å²) in [7, 11) is 0. The summed E-state index contributed by atoms with van der Waals surface area (Å²) in [5.41, 5.74) is 3.74. The van der Waals surface area contributed by atoms with E-state index in [1.807, 2.05) is 43.5 Å². The van der Waals surface area contributed by atoms with E-state index in [1.165, 1.54) is 23.1 Å². The first-order valence-corrected chi connectivity index (χ1v) is 9.15. The van der Waals surface area contributed by atoms with Crippen molar-refractivity contribution in [3.63, 3.8) is 0 Å². The molecule has 0 unspecified atom stereocenters. The maximum atomic E-state index is 12.3. The van der Waals surface area contributed by atoms with Crippen LogP contribution in [-0.2, 0) is 0 Å². The zero-order valence-corrected chi connectivity index (χ0v) is 14.2. The van der Waals surface area contributed by atoms with Gasteiger partial charge >= 0.3 is 0 Å². The number of pyridine rings is 1. The third-order valence-corrected chi connectivity index (χ3v) is 5.39. The molecule has 4 rings (SSSR count). The average Bonchev–Trinajstić information content (AvgIpc) is 2.95. The van der Waals surface area contributed by atoms with Gasteiger partial charge in [-0.25, -0.2) is 9.97 Å². The van der Waals surface area contributed by atoms with E-state index in [1.54, 1.807) is 0 Å². The Balaban J connectivity index is 2.07. The number of fused-ring (bicyclic) bond motifs is 3. The number of hydrogen-bond acceptors (Lipinski definition) is 5. The second-order valence-corrected chi connectivity index (χ2v) is 7.02. The Kier molecular flexibility index (Phi) is 3.43. The van der Waals surface area contributed by atoms with E-state index >= 15 is 0 Å². The van der Waals surface area contributed by atoms with Crippen molar-refractivity contribution in [1.82, 2.24) is 15.0 Å². The molecule has 4 nitrogen and oxygen atoms in total. The summed E-state index contributed by atoms with van der Waals surface area (Å²) >= 11 is 2.84. The molecule has 0 saturated carbocycles. The Labute approximate surface area is 140 Å². The lowest BCUT2D eigenvalue weighted by Gasteiger charge is -2.04. The summed E-state index contributed by atoms with van der Waals surface area (Å²) in [5, 5.41) is 1.61. The first kappa shape index (κ1) is 14.4. The zero-order valence-electron chi connectivity index (χ0n) is 12.6. The molecule has 6 heteroatoms. The molecular weight excluding hydrogens is 326 g/mol. The van der Waals surface area contributed by atoms with Crippen molar-refractivity contribution < 1.29 is 0 Å². The van der Waals surface area contributed by atoms with Gasteiger partial charge in [-0.15, -0.1) is 11.3 Å². The molecule has 0 saturated heterocycles. The second-order valence-electron chi connectivity index (χ2n) is 5.23. The number of aryl methyl sites for hydroxylation is 1. The lowest BCUT2D eigenvalue weighted by atomic mass is 10.1. The van der Waals surface area contributed by atoms with Gasteiger partial charge in [0.15, 0.2) is 5.16 Å². The van der Waals surface area contributed by atoms with Gasteiger partial charge in [0.05, 0.1) is 11.2 Å². The Morgan fingerprint density at radius 2 is 1.96 bits per heavy atom. The number of hydrogen-bond donors (Lipinski definition) is 1. The van der Waals surface area contributed by atoms with Gasteiger partial charge in [0.2, 0.25) is 0 Å². The highest BCUT2D eigenvalue weighted by Crippen LogP contribution is 2.34. The summed E-state index contributed by atoms with van der Waals surface area (Å²) < 4.78 is 0.638. The van der Waals surface area contributed by atoms with Crippen LogP contribution in [0.5, 0.6) is 0 Å². The van der Waals surface area contributed by atoms with Crippen molar-refractivity contribution in [3.05, 3.63) is 52.3 Å². The number of benzene rings is 1. The predicted molar refractivity (Wildman–Crippen MR) is 97.5 cm³/mol. The molecule has 0 amide bonds. The number of rotatable bonds is 2. The third kappa shape index (κ3) is 2.34. The van der Waals surface area contributed by atoms with E-state index in [0.29, 0.717) is 9.86 Å². The quantitative estimate of drug-likeness (QED) is 0.438. The van der Waals surface area contributed by atoms with Gasteiger partial charge in [-0.1, -0.05) is 42.1 Å². The molecule has 114 valence electrons. The van der Waals surface area contributed by atoms with Gasteiger partial charge in [0.25, 0.3) is 5.56 Å². The van der Waals surface area contributed by atoms with Crippen molar-refractivity contribution in [1.29, 1.82) is 0 Å². The maximum Gasteiger partial charge on any atom is 0.269 e. The minimum absolute atomic E-state index is 0.0944. The number of nitrogens with one attached hydrogen (secondary N) is 1. The van der Waals surface area contributed by atoms with E-state index in [0.717, 1.165) is 32.6 Å². The number of aromatic nitrogens is 3. The van der Waals surface area contributed by atoms with E-state index in [9.17, 15) is 4.79 Å². The largest absolute Gasteiger partial charge is 0.300 e. The molecule has 0 aliphatic carbocycles. The number of nitrogens with zero attached hydrogens (tertiary/aromatic N) is 2. The molecule has 23 heavy (non-hydrogen) atoms. The molecule has 0 fully saturated rings. The molecule has 0 bridgehead atoms. The van der Waals surface area contributed by atoms with Crippen LogP contribution in [0.3, 0.4) is 0 Å². The van der Waals surface area contributed by atoms with Crippen molar-refractivity contribution in [2.24, 2.45) is 0 Å². The first-order chi connectivity index (χ1) is 11.2. The van der Waals surface area contributed by atoms with Gasteiger partial charge in [-0.3, -0.25) is 4.79 Å². The van der Waals surface area contributed by atoms with Crippen LogP contribution in [0.15, 0.2) is 46.3 Å². The van der Waals surface area contributed by atoms with Gasteiger partial charge in [-0.05, 0) is 24.8 Å². The van der Waals surface area contributed by atoms with Gasteiger partial charge in [0.1, 0.15) is 9.53 Å². The van der Waals surface area contributed by atoms with Crippen molar-refractivity contribution >= 4 is 43.5 Å². The molecule has 0 radical (unpaired) electrons. The minimum atomic E-state index is -0.0944. The minimum Gasteiger partial charge on any atom is -0.300 e. The van der Waals surface area contributed by atoms with E-state index in [4.69, 9.17) is 4.98 Å². The van der Waals surface area contributed by atoms with Gasteiger partial charge < -0.3 is 4.98 Å². The maximum absolute atomic E-state index is 12.3. The zero-order chi connectivity index (χ0) is 16.0.